The Balaban J connectivity index is 1.67. The second kappa shape index (κ2) is 11.1. The lowest BCUT2D eigenvalue weighted by molar-refractivity contribution is 0.215. The second-order valence-corrected chi connectivity index (χ2v) is 7.86. The van der Waals surface area contributed by atoms with E-state index in [1.807, 2.05) is 38.1 Å². The number of nitrogens with two attached hydrogens (primary N) is 1. The Bertz CT molecular complexity index is 1340. The van der Waals surface area contributed by atoms with Crippen LogP contribution in [0.1, 0.15) is 13.8 Å². The molecule has 0 radical (unpaired) electrons. The molecule has 0 aliphatic rings. The van der Waals surface area contributed by atoms with E-state index in [4.69, 9.17) is 15.2 Å². The lowest BCUT2D eigenvalue weighted by Crippen LogP contribution is -2.28. The Morgan fingerprint density at radius 1 is 1.00 bits per heavy atom. The van der Waals surface area contributed by atoms with Crippen LogP contribution in [0.15, 0.2) is 48.7 Å². The third-order valence-corrected chi connectivity index (χ3v) is 5.86. The van der Waals surface area contributed by atoms with Crippen LogP contribution in [-0.2, 0) is 0 Å². The van der Waals surface area contributed by atoms with Gasteiger partial charge in [-0.05, 0) is 47.8 Å². The van der Waals surface area contributed by atoms with E-state index in [9.17, 15) is 4.39 Å². The molecule has 0 aliphatic heterocycles. The summed E-state index contributed by atoms with van der Waals surface area (Å²) in [6, 6.07) is 11.8. The average Bonchev–Trinajstić information content (AvgIpc) is 3.38. The van der Waals surface area contributed by atoms with Crippen LogP contribution in [0.3, 0.4) is 0 Å². The van der Waals surface area contributed by atoms with Crippen LogP contribution in [0.5, 0.6) is 11.5 Å². The van der Waals surface area contributed by atoms with E-state index < -0.39 is 11.6 Å². The van der Waals surface area contributed by atoms with Crippen molar-refractivity contribution >= 4 is 5.82 Å². The number of para-hydroxylation sites is 1. The molecule has 2 heterocycles. The minimum atomic E-state index is -1.14. The molecule has 0 unspecified atom stereocenters. The summed E-state index contributed by atoms with van der Waals surface area (Å²) in [4.78, 5) is 6.38. The van der Waals surface area contributed by atoms with Crippen molar-refractivity contribution in [1.29, 1.82) is 0 Å². The highest BCUT2D eigenvalue weighted by Crippen LogP contribution is 2.34. The highest BCUT2D eigenvalue weighted by Gasteiger charge is 2.22. The molecular weight excluding hydrogens is 468 g/mol. The number of halogens is 2. The van der Waals surface area contributed by atoms with Crippen molar-refractivity contribution in [3.8, 4) is 39.7 Å². The molecule has 188 valence electrons. The molecule has 2 aromatic heterocycles. The largest absolute Gasteiger partial charge is 0.496 e. The van der Waals surface area contributed by atoms with Crippen LogP contribution in [0.2, 0.25) is 0 Å². The van der Waals surface area contributed by atoms with Gasteiger partial charge in [0.15, 0.2) is 17.4 Å². The van der Waals surface area contributed by atoms with Gasteiger partial charge in [0.2, 0.25) is 5.82 Å². The zero-order valence-corrected chi connectivity index (χ0v) is 20.3. The van der Waals surface area contributed by atoms with E-state index >= 15 is 4.39 Å². The Morgan fingerprint density at radius 3 is 2.53 bits per heavy atom. The molecule has 0 amide bonds. The van der Waals surface area contributed by atoms with Crippen molar-refractivity contribution in [2.45, 2.75) is 13.8 Å². The normalized spacial score (nSPS) is 11.2. The predicted molar refractivity (Wildman–Crippen MR) is 132 cm³/mol. The fourth-order valence-corrected chi connectivity index (χ4v) is 3.82. The lowest BCUT2D eigenvalue weighted by atomic mass is 10.0. The third-order valence-electron chi connectivity index (χ3n) is 5.86. The molecule has 0 bridgehead atoms. The second-order valence-electron chi connectivity index (χ2n) is 7.86. The molecule has 36 heavy (non-hydrogen) atoms. The van der Waals surface area contributed by atoms with Crippen molar-refractivity contribution in [3.05, 3.63) is 60.3 Å². The number of hydrogen-bond donors (Lipinski definition) is 1. The maximum atomic E-state index is 15.1. The van der Waals surface area contributed by atoms with Gasteiger partial charge in [-0.3, -0.25) is 0 Å². The molecule has 0 atom stereocenters. The number of nitrogen functional groups attached to an aromatic ring is 1. The summed E-state index contributed by atoms with van der Waals surface area (Å²) in [6.07, 6.45) is 1.59. The van der Waals surface area contributed by atoms with Gasteiger partial charge in [-0.2, -0.15) is 9.07 Å². The monoisotopic (exact) mass is 495 g/mol. The van der Waals surface area contributed by atoms with Gasteiger partial charge < -0.3 is 20.1 Å². The van der Waals surface area contributed by atoms with Crippen LogP contribution in [0, 0.1) is 11.6 Å². The molecule has 4 aromatic rings. The number of hydrogen-bond acceptors (Lipinski definition) is 8. The molecule has 2 aromatic carbocycles. The molecule has 9 nitrogen and oxygen atoms in total. The Labute approximate surface area is 207 Å². The Kier molecular flexibility index (Phi) is 7.69. The summed E-state index contributed by atoms with van der Waals surface area (Å²) in [5, 5.41) is 11.5. The van der Waals surface area contributed by atoms with Gasteiger partial charge in [-0.15, -0.1) is 5.10 Å². The van der Waals surface area contributed by atoms with Crippen LogP contribution in [0.4, 0.5) is 14.6 Å². The SMILES string of the molecule is CCN(CC)CCOc1ccc(-n2nnnc2-c2cc(-c3ccccc3OC)cnc2N)c(F)c1F. The summed E-state index contributed by atoms with van der Waals surface area (Å²) in [7, 11) is 1.57. The number of tetrazole rings is 1. The minimum Gasteiger partial charge on any atom is -0.496 e. The summed E-state index contributed by atoms with van der Waals surface area (Å²) >= 11 is 0. The summed E-state index contributed by atoms with van der Waals surface area (Å²) in [5.74, 6) is -1.58. The molecule has 0 saturated carbocycles. The number of rotatable bonds is 10. The smallest absolute Gasteiger partial charge is 0.202 e. The molecule has 0 saturated heterocycles. The van der Waals surface area contributed by atoms with Gasteiger partial charge >= 0.3 is 0 Å². The van der Waals surface area contributed by atoms with Crippen LogP contribution >= 0.6 is 0 Å². The van der Waals surface area contributed by atoms with E-state index in [-0.39, 0.29) is 29.7 Å². The van der Waals surface area contributed by atoms with E-state index in [1.165, 1.54) is 12.1 Å². The number of pyridine rings is 1. The Hall–Kier alpha value is -4.12. The van der Waals surface area contributed by atoms with Crippen molar-refractivity contribution in [2.75, 3.05) is 39.1 Å². The zero-order chi connectivity index (χ0) is 25.7. The first kappa shape index (κ1) is 25.0. The molecule has 11 heteroatoms. The molecule has 0 aliphatic carbocycles. The Morgan fingerprint density at radius 2 is 1.78 bits per heavy atom. The van der Waals surface area contributed by atoms with E-state index in [1.54, 1.807) is 19.4 Å². The molecule has 4 rings (SSSR count). The first-order valence-corrected chi connectivity index (χ1v) is 11.5. The quantitative estimate of drug-likeness (QED) is 0.352. The molecule has 0 spiro atoms. The van der Waals surface area contributed by atoms with Gasteiger partial charge in [0, 0.05) is 23.9 Å². The molecule has 0 fully saturated rings. The van der Waals surface area contributed by atoms with Crippen LogP contribution < -0.4 is 15.2 Å². The van der Waals surface area contributed by atoms with E-state index in [0.29, 0.717) is 23.4 Å². The fraction of sp³-hybridized carbons (Fsp3) is 0.280. The summed E-state index contributed by atoms with van der Waals surface area (Å²) < 4.78 is 42.0. The predicted octanol–water partition coefficient (Wildman–Crippen LogP) is 3.98. The first-order valence-electron chi connectivity index (χ1n) is 11.5. The maximum Gasteiger partial charge on any atom is 0.202 e. The molecular formula is C25H27F2N7O2. The topological polar surface area (TPSA) is 104 Å². The average molecular weight is 496 g/mol. The van der Waals surface area contributed by atoms with Crippen molar-refractivity contribution in [3.63, 3.8) is 0 Å². The zero-order valence-electron chi connectivity index (χ0n) is 20.3. The van der Waals surface area contributed by atoms with Crippen molar-refractivity contribution in [1.82, 2.24) is 30.1 Å². The first-order chi connectivity index (χ1) is 17.5. The molecule has 2 N–H and O–H groups in total. The van der Waals surface area contributed by atoms with E-state index in [2.05, 4.69) is 25.4 Å². The maximum absolute atomic E-state index is 15.1. The number of aromatic nitrogens is 5. The van der Waals surface area contributed by atoms with Gasteiger partial charge in [0.1, 0.15) is 23.9 Å². The number of benzene rings is 2. The highest BCUT2D eigenvalue weighted by atomic mass is 19.2. The van der Waals surface area contributed by atoms with Crippen LogP contribution in [-0.4, -0.2) is 63.4 Å². The third kappa shape index (κ3) is 4.96. The number of likely N-dealkylation sites (N-methyl/N-ethyl adjacent to an activating group) is 1. The fourth-order valence-electron chi connectivity index (χ4n) is 3.82. The van der Waals surface area contributed by atoms with Gasteiger partial charge in [0.05, 0.1) is 12.7 Å². The summed E-state index contributed by atoms with van der Waals surface area (Å²) in [6.45, 7) is 6.56. The van der Waals surface area contributed by atoms with Gasteiger partial charge in [-0.25, -0.2) is 9.37 Å². The van der Waals surface area contributed by atoms with E-state index in [0.717, 1.165) is 23.3 Å². The van der Waals surface area contributed by atoms with Gasteiger partial charge in [0.25, 0.3) is 0 Å². The summed E-state index contributed by atoms with van der Waals surface area (Å²) in [5.41, 5.74) is 7.75. The lowest BCUT2D eigenvalue weighted by Gasteiger charge is -2.18. The number of ether oxygens (including phenoxy) is 2. The minimum absolute atomic E-state index is 0.102. The van der Waals surface area contributed by atoms with Crippen molar-refractivity contribution < 1.29 is 18.3 Å². The number of methoxy groups -OCH3 is 1. The van der Waals surface area contributed by atoms with Crippen molar-refractivity contribution in [2.24, 2.45) is 0 Å². The standard InChI is InChI=1S/C25H27F2N7O2/c1-4-33(5-2)12-13-36-21-11-10-19(22(26)23(21)27)34-25(30-31-32-34)18-14-16(15-29-24(18)28)17-8-6-7-9-20(17)35-3/h6-11,14-15H,4-5,12-13H2,1-3H3,(H2,28,29). The highest BCUT2D eigenvalue weighted by molar-refractivity contribution is 5.78. The number of anilines is 1. The van der Waals surface area contributed by atoms with Gasteiger partial charge in [-0.1, -0.05) is 32.0 Å². The number of nitrogens with zero attached hydrogens (tertiary/aromatic N) is 6. The van der Waals surface area contributed by atoms with Crippen LogP contribution in [0.25, 0.3) is 28.2 Å².